The zero-order valence-corrected chi connectivity index (χ0v) is 8.12. The summed E-state index contributed by atoms with van der Waals surface area (Å²) >= 11 is 0. The SMILES string of the molecule is CCC(CO)NC(=O)C(=O)NCCO. The number of rotatable bonds is 5. The highest BCUT2D eigenvalue weighted by molar-refractivity contribution is 6.35. The maximum atomic E-state index is 11.1. The van der Waals surface area contributed by atoms with Crippen LogP contribution in [0.3, 0.4) is 0 Å². The number of carbonyl (C=O) groups excluding carboxylic acids is 2. The number of amides is 2. The molecule has 0 aliphatic heterocycles. The summed E-state index contributed by atoms with van der Waals surface area (Å²) in [5, 5.41) is 21.7. The van der Waals surface area contributed by atoms with E-state index in [1.807, 2.05) is 0 Å². The Morgan fingerprint density at radius 2 is 1.93 bits per heavy atom. The number of hydrogen-bond donors (Lipinski definition) is 4. The molecule has 0 aliphatic carbocycles. The van der Waals surface area contributed by atoms with E-state index in [0.29, 0.717) is 6.42 Å². The Bertz CT molecular complexity index is 192. The van der Waals surface area contributed by atoms with Crippen LogP contribution in [-0.4, -0.2) is 47.8 Å². The zero-order valence-electron chi connectivity index (χ0n) is 8.12. The van der Waals surface area contributed by atoms with Gasteiger partial charge in [-0.1, -0.05) is 6.92 Å². The average molecular weight is 204 g/mol. The van der Waals surface area contributed by atoms with Crippen molar-refractivity contribution in [2.45, 2.75) is 19.4 Å². The third-order valence-corrected chi connectivity index (χ3v) is 1.65. The van der Waals surface area contributed by atoms with Crippen LogP contribution in [0.25, 0.3) is 0 Å². The second-order valence-electron chi connectivity index (χ2n) is 2.74. The van der Waals surface area contributed by atoms with Crippen molar-refractivity contribution in [2.75, 3.05) is 19.8 Å². The Morgan fingerprint density at radius 3 is 2.36 bits per heavy atom. The highest BCUT2D eigenvalue weighted by Crippen LogP contribution is 1.88. The van der Waals surface area contributed by atoms with Crippen molar-refractivity contribution in [3.05, 3.63) is 0 Å². The molecular weight excluding hydrogens is 188 g/mol. The molecular formula is C8H16N2O4. The van der Waals surface area contributed by atoms with Crippen molar-refractivity contribution in [2.24, 2.45) is 0 Å². The van der Waals surface area contributed by atoms with Gasteiger partial charge in [-0.3, -0.25) is 9.59 Å². The van der Waals surface area contributed by atoms with Gasteiger partial charge in [0, 0.05) is 6.54 Å². The molecule has 0 aromatic heterocycles. The van der Waals surface area contributed by atoms with Crippen molar-refractivity contribution in [1.82, 2.24) is 10.6 Å². The molecule has 6 nitrogen and oxygen atoms in total. The van der Waals surface area contributed by atoms with Crippen LogP contribution in [0.15, 0.2) is 0 Å². The van der Waals surface area contributed by atoms with Crippen LogP contribution in [0.5, 0.6) is 0 Å². The Balaban J connectivity index is 3.87. The first-order chi connectivity index (χ1) is 6.65. The molecule has 0 bridgehead atoms. The maximum Gasteiger partial charge on any atom is 0.309 e. The lowest BCUT2D eigenvalue weighted by Gasteiger charge is -2.13. The van der Waals surface area contributed by atoms with Crippen LogP contribution >= 0.6 is 0 Å². The second kappa shape index (κ2) is 7.28. The van der Waals surface area contributed by atoms with Gasteiger partial charge in [-0.25, -0.2) is 0 Å². The zero-order chi connectivity index (χ0) is 11.0. The lowest BCUT2D eigenvalue weighted by atomic mass is 10.2. The molecule has 82 valence electrons. The summed E-state index contributed by atoms with van der Waals surface area (Å²) in [6.07, 6.45) is 0.551. The minimum Gasteiger partial charge on any atom is -0.395 e. The first-order valence-corrected chi connectivity index (χ1v) is 4.46. The molecule has 0 saturated heterocycles. The van der Waals surface area contributed by atoms with E-state index in [1.54, 1.807) is 6.92 Å². The Kier molecular flexibility index (Phi) is 6.69. The fourth-order valence-corrected chi connectivity index (χ4v) is 0.777. The molecule has 0 fully saturated rings. The van der Waals surface area contributed by atoms with E-state index in [4.69, 9.17) is 10.2 Å². The van der Waals surface area contributed by atoms with Gasteiger partial charge in [0.1, 0.15) is 0 Å². The molecule has 6 heteroatoms. The van der Waals surface area contributed by atoms with E-state index in [-0.39, 0.29) is 19.8 Å². The molecule has 14 heavy (non-hydrogen) atoms. The van der Waals surface area contributed by atoms with Crippen molar-refractivity contribution in [1.29, 1.82) is 0 Å². The summed E-state index contributed by atoms with van der Waals surface area (Å²) in [4.78, 5) is 22.0. The summed E-state index contributed by atoms with van der Waals surface area (Å²) in [6, 6.07) is -0.401. The summed E-state index contributed by atoms with van der Waals surface area (Å²) in [6.45, 7) is 1.42. The van der Waals surface area contributed by atoms with Crippen LogP contribution in [0.2, 0.25) is 0 Å². The Labute approximate surface area is 82.3 Å². The lowest BCUT2D eigenvalue weighted by Crippen LogP contribution is -2.46. The Morgan fingerprint density at radius 1 is 1.29 bits per heavy atom. The van der Waals surface area contributed by atoms with Crippen molar-refractivity contribution < 1.29 is 19.8 Å². The Hall–Kier alpha value is -1.14. The van der Waals surface area contributed by atoms with Gasteiger partial charge in [-0.15, -0.1) is 0 Å². The molecule has 0 aromatic rings. The van der Waals surface area contributed by atoms with Gasteiger partial charge in [-0.05, 0) is 6.42 Å². The summed E-state index contributed by atoms with van der Waals surface area (Å²) in [5.41, 5.74) is 0. The highest BCUT2D eigenvalue weighted by atomic mass is 16.3. The van der Waals surface area contributed by atoms with Crippen LogP contribution in [0, 0.1) is 0 Å². The fourth-order valence-electron chi connectivity index (χ4n) is 0.777. The largest absolute Gasteiger partial charge is 0.395 e. The first-order valence-electron chi connectivity index (χ1n) is 4.46. The quantitative estimate of drug-likeness (QED) is 0.389. The van der Waals surface area contributed by atoms with E-state index in [1.165, 1.54) is 0 Å². The topological polar surface area (TPSA) is 98.7 Å². The van der Waals surface area contributed by atoms with Gasteiger partial charge in [0.25, 0.3) is 0 Å². The third kappa shape index (κ3) is 4.78. The molecule has 0 saturated carbocycles. The van der Waals surface area contributed by atoms with E-state index >= 15 is 0 Å². The van der Waals surface area contributed by atoms with Gasteiger partial charge in [0.05, 0.1) is 19.3 Å². The summed E-state index contributed by atoms with van der Waals surface area (Å²) in [7, 11) is 0. The molecule has 0 aliphatic rings. The molecule has 0 heterocycles. The first kappa shape index (κ1) is 12.9. The minimum atomic E-state index is -0.800. The van der Waals surface area contributed by atoms with Gasteiger partial charge >= 0.3 is 11.8 Å². The van der Waals surface area contributed by atoms with Gasteiger partial charge in [-0.2, -0.15) is 0 Å². The smallest absolute Gasteiger partial charge is 0.309 e. The van der Waals surface area contributed by atoms with Crippen molar-refractivity contribution in [3.8, 4) is 0 Å². The second-order valence-corrected chi connectivity index (χ2v) is 2.74. The highest BCUT2D eigenvalue weighted by Gasteiger charge is 2.15. The van der Waals surface area contributed by atoms with Crippen LogP contribution in [0.1, 0.15) is 13.3 Å². The van der Waals surface area contributed by atoms with E-state index in [0.717, 1.165) is 0 Å². The number of hydrogen-bond acceptors (Lipinski definition) is 4. The molecule has 4 N–H and O–H groups in total. The predicted octanol–water partition coefficient (Wildman–Crippen LogP) is -2.02. The number of nitrogens with one attached hydrogen (secondary N) is 2. The predicted molar refractivity (Wildman–Crippen MR) is 49.4 cm³/mol. The number of carbonyl (C=O) groups is 2. The monoisotopic (exact) mass is 204 g/mol. The normalized spacial score (nSPS) is 11.9. The maximum absolute atomic E-state index is 11.1. The molecule has 1 unspecified atom stereocenters. The average Bonchev–Trinajstić information content (AvgIpc) is 2.21. The van der Waals surface area contributed by atoms with Crippen LogP contribution < -0.4 is 10.6 Å². The standard InChI is InChI=1S/C8H16N2O4/c1-2-6(5-12)10-8(14)7(13)9-3-4-11/h6,11-12H,2-5H2,1H3,(H,9,13)(H,10,14). The van der Waals surface area contributed by atoms with Gasteiger partial charge < -0.3 is 20.8 Å². The van der Waals surface area contributed by atoms with Gasteiger partial charge in [0.2, 0.25) is 0 Å². The summed E-state index contributed by atoms with van der Waals surface area (Å²) < 4.78 is 0. The van der Waals surface area contributed by atoms with Crippen molar-refractivity contribution in [3.63, 3.8) is 0 Å². The van der Waals surface area contributed by atoms with Gasteiger partial charge in [0.15, 0.2) is 0 Å². The molecule has 2 amide bonds. The van der Waals surface area contributed by atoms with E-state index in [2.05, 4.69) is 10.6 Å². The molecule has 0 spiro atoms. The molecule has 0 radical (unpaired) electrons. The fraction of sp³-hybridized carbons (Fsp3) is 0.750. The molecule has 1 atom stereocenters. The van der Waals surface area contributed by atoms with E-state index < -0.39 is 17.9 Å². The number of aliphatic hydroxyl groups excluding tert-OH is 2. The van der Waals surface area contributed by atoms with E-state index in [9.17, 15) is 9.59 Å². The third-order valence-electron chi connectivity index (χ3n) is 1.65. The number of aliphatic hydroxyl groups is 2. The van der Waals surface area contributed by atoms with Crippen molar-refractivity contribution >= 4 is 11.8 Å². The molecule has 0 aromatic carbocycles. The lowest BCUT2D eigenvalue weighted by molar-refractivity contribution is -0.139. The summed E-state index contributed by atoms with van der Waals surface area (Å²) in [5.74, 6) is -1.59. The van der Waals surface area contributed by atoms with Crippen LogP contribution in [0.4, 0.5) is 0 Å². The molecule has 0 rings (SSSR count). The van der Waals surface area contributed by atoms with Crippen LogP contribution in [-0.2, 0) is 9.59 Å². The minimum absolute atomic E-state index is 0.0438.